The zero-order valence-electron chi connectivity index (χ0n) is 10.8. The van der Waals surface area contributed by atoms with Crippen molar-refractivity contribution in [3.63, 3.8) is 0 Å². The Morgan fingerprint density at radius 1 is 1.44 bits per heavy atom. The van der Waals surface area contributed by atoms with Gasteiger partial charge in [-0.2, -0.15) is 16.1 Å². The van der Waals surface area contributed by atoms with E-state index in [1.807, 2.05) is 11.8 Å². The molecule has 2 fully saturated rings. The first-order valence-corrected chi connectivity index (χ1v) is 8.60. The van der Waals surface area contributed by atoms with Gasteiger partial charge in [-0.15, -0.1) is 0 Å². The van der Waals surface area contributed by atoms with E-state index in [0.717, 1.165) is 43.4 Å². The van der Waals surface area contributed by atoms with Crippen LogP contribution in [0.1, 0.15) is 37.4 Å². The van der Waals surface area contributed by atoms with Crippen LogP contribution in [0, 0.1) is 0 Å². The molecule has 0 bridgehead atoms. The van der Waals surface area contributed by atoms with Crippen LogP contribution < -0.4 is 10.6 Å². The Hall–Kier alpha value is -0.330. The van der Waals surface area contributed by atoms with Crippen molar-refractivity contribution in [3.05, 3.63) is 5.82 Å². The highest BCUT2D eigenvalue weighted by Gasteiger charge is 2.34. The van der Waals surface area contributed by atoms with Crippen LogP contribution in [0.5, 0.6) is 0 Å². The number of hydrogen-bond acceptors (Lipinski definition) is 6. The van der Waals surface area contributed by atoms with Gasteiger partial charge in [0.1, 0.15) is 5.82 Å². The lowest BCUT2D eigenvalue weighted by atomic mass is 9.96. The lowest BCUT2D eigenvalue weighted by molar-refractivity contribution is 0.456. The minimum atomic E-state index is 0.292. The van der Waals surface area contributed by atoms with Gasteiger partial charge in [-0.25, -0.2) is 4.98 Å². The van der Waals surface area contributed by atoms with Crippen molar-refractivity contribution >= 4 is 28.4 Å². The summed E-state index contributed by atoms with van der Waals surface area (Å²) in [7, 11) is 0. The van der Waals surface area contributed by atoms with Crippen LogP contribution in [-0.4, -0.2) is 40.0 Å². The summed E-state index contributed by atoms with van der Waals surface area (Å²) in [4.78, 5) is 7.07. The summed E-state index contributed by atoms with van der Waals surface area (Å²) in [6.07, 6.45) is 7.04. The molecule has 0 spiro atoms. The molecule has 2 N–H and O–H groups in total. The maximum atomic E-state index is 5.92. The molecular formula is C12H20N4S2. The molecule has 2 aliphatic rings. The molecule has 4 nitrogen and oxygen atoms in total. The van der Waals surface area contributed by atoms with Crippen molar-refractivity contribution in [2.24, 2.45) is 5.73 Å². The normalized spacial score (nSPS) is 23.3. The van der Waals surface area contributed by atoms with E-state index in [1.54, 1.807) is 11.5 Å². The van der Waals surface area contributed by atoms with E-state index >= 15 is 0 Å². The molecule has 0 atom stereocenters. The van der Waals surface area contributed by atoms with Gasteiger partial charge < -0.3 is 10.6 Å². The van der Waals surface area contributed by atoms with Gasteiger partial charge in [-0.3, -0.25) is 0 Å². The number of thioether (sulfide) groups is 1. The number of hydrogen-bond donors (Lipinski definition) is 1. The largest absolute Gasteiger partial charge is 0.347 e. The Labute approximate surface area is 117 Å². The third-order valence-electron chi connectivity index (χ3n) is 4.12. The molecule has 0 radical (unpaired) electrons. The predicted molar refractivity (Wildman–Crippen MR) is 78.6 cm³/mol. The quantitative estimate of drug-likeness (QED) is 0.917. The molecule has 0 amide bonds. The van der Waals surface area contributed by atoms with Gasteiger partial charge in [0.25, 0.3) is 0 Å². The van der Waals surface area contributed by atoms with Gasteiger partial charge in [0.05, 0.1) is 0 Å². The van der Waals surface area contributed by atoms with E-state index < -0.39 is 0 Å². The van der Waals surface area contributed by atoms with E-state index in [2.05, 4.69) is 15.5 Å². The topological polar surface area (TPSA) is 55.0 Å². The fourth-order valence-electron chi connectivity index (χ4n) is 2.46. The second-order valence-corrected chi connectivity index (χ2v) is 7.29. The highest BCUT2D eigenvalue weighted by Crippen LogP contribution is 2.40. The molecule has 6 heteroatoms. The maximum Gasteiger partial charge on any atom is 0.205 e. The minimum absolute atomic E-state index is 0.292. The highest BCUT2D eigenvalue weighted by atomic mass is 32.2. The number of nitrogens with zero attached hydrogens (tertiary/aromatic N) is 3. The van der Waals surface area contributed by atoms with E-state index in [4.69, 9.17) is 10.7 Å². The summed E-state index contributed by atoms with van der Waals surface area (Å²) < 4.78 is 4.78. The SMILES string of the molecule is CSC1(CN)CCN(c2nc(C3CC3)ns2)CC1. The second-order valence-electron chi connectivity index (χ2n) is 5.29. The van der Waals surface area contributed by atoms with Gasteiger partial charge in [-0.05, 0) is 31.9 Å². The van der Waals surface area contributed by atoms with Gasteiger partial charge in [0.15, 0.2) is 0 Å². The molecular weight excluding hydrogens is 264 g/mol. The van der Waals surface area contributed by atoms with Crippen molar-refractivity contribution < 1.29 is 0 Å². The molecule has 1 saturated heterocycles. The van der Waals surface area contributed by atoms with Gasteiger partial charge in [0, 0.05) is 41.8 Å². The molecule has 18 heavy (non-hydrogen) atoms. The molecule has 100 valence electrons. The van der Waals surface area contributed by atoms with Crippen LogP contribution in [0.2, 0.25) is 0 Å². The lowest BCUT2D eigenvalue weighted by Gasteiger charge is -2.39. The average molecular weight is 284 g/mol. The van der Waals surface area contributed by atoms with Crippen molar-refractivity contribution in [1.82, 2.24) is 9.36 Å². The zero-order valence-corrected chi connectivity index (χ0v) is 12.4. The lowest BCUT2D eigenvalue weighted by Crippen LogP contribution is -2.46. The second kappa shape index (κ2) is 4.98. The summed E-state index contributed by atoms with van der Waals surface area (Å²) in [5.74, 6) is 1.74. The Balaban J connectivity index is 1.64. The number of nitrogens with two attached hydrogens (primary N) is 1. The van der Waals surface area contributed by atoms with Crippen molar-refractivity contribution in [1.29, 1.82) is 0 Å². The van der Waals surface area contributed by atoms with Crippen molar-refractivity contribution in [3.8, 4) is 0 Å². The fraction of sp³-hybridized carbons (Fsp3) is 0.833. The summed E-state index contributed by atoms with van der Waals surface area (Å²) in [5.41, 5.74) is 5.92. The van der Waals surface area contributed by atoms with Gasteiger partial charge in [-0.1, -0.05) is 0 Å². The Kier molecular flexibility index (Phi) is 3.51. The summed E-state index contributed by atoms with van der Waals surface area (Å²) >= 11 is 3.49. The molecule has 0 aromatic carbocycles. The number of aromatic nitrogens is 2. The molecule has 1 aromatic rings. The molecule has 0 unspecified atom stereocenters. The van der Waals surface area contributed by atoms with Gasteiger partial charge >= 0.3 is 0 Å². The van der Waals surface area contributed by atoms with E-state index in [-0.39, 0.29) is 0 Å². The predicted octanol–water partition coefficient (Wildman–Crippen LogP) is 2.08. The standard InChI is InChI=1S/C12H20N4S2/c1-17-12(8-13)4-6-16(7-5-12)11-14-10(15-18-11)9-2-3-9/h9H,2-8,13H2,1H3. The summed E-state index contributed by atoms with van der Waals surface area (Å²) in [5, 5.41) is 1.11. The molecule has 1 saturated carbocycles. The highest BCUT2D eigenvalue weighted by molar-refractivity contribution is 8.00. The van der Waals surface area contributed by atoms with Crippen molar-refractivity contribution in [2.75, 3.05) is 30.8 Å². The first kappa shape index (κ1) is 12.7. The molecule has 2 heterocycles. The van der Waals surface area contributed by atoms with Crippen LogP contribution in [0.15, 0.2) is 0 Å². The van der Waals surface area contributed by atoms with Crippen molar-refractivity contribution in [2.45, 2.75) is 36.3 Å². The zero-order chi connectivity index (χ0) is 12.6. The molecule has 1 aliphatic carbocycles. The van der Waals surface area contributed by atoms with Crippen LogP contribution >= 0.6 is 23.3 Å². The number of anilines is 1. The number of piperidine rings is 1. The van der Waals surface area contributed by atoms with Crippen LogP contribution in [0.3, 0.4) is 0 Å². The Morgan fingerprint density at radius 3 is 2.72 bits per heavy atom. The summed E-state index contributed by atoms with van der Waals surface area (Å²) in [6, 6.07) is 0. The van der Waals surface area contributed by atoms with Crippen LogP contribution in [0.4, 0.5) is 5.13 Å². The third kappa shape index (κ3) is 2.38. The fourth-order valence-corrected chi connectivity index (χ4v) is 4.01. The van der Waals surface area contributed by atoms with Gasteiger partial charge in [0.2, 0.25) is 5.13 Å². The van der Waals surface area contributed by atoms with E-state index in [9.17, 15) is 0 Å². The monoisotopic (exact) mass is 284 g/mol. The minimum Gasteiger partial charge on any atom is -0.347 e. The van der Waals surface area contributed by atoms with Crippen LogP contribution in [-0.2, 0) is 0 Å². The Morgan fingerprint density at radius 2 is 2.17 bits per heavy atom. The first-order chi connectivity index (χ1) is 8.76. The third-order valence-corrected chi connectivity index (χ3v) is 6.36. The van der Waals surface area contributed by atoms with Crippen LogP contribution in [0.25, 0.3) is 0 Å². The maximum absolute atomic E-state index is 5.92. The first-order valence-electron chi connectivity index (χ1n) is 6.60. The van der Waals surface area contributed by atoms with E-state index in [0.29, 0.717) is 10.7 Å². The van der Waals surface area contributed by atoms with E-state index in [1.165, 1.54) is 12.8 Å². The molecule has 3 rings (SSSR count). The molecule has 1 aromatic heterocycles. The summed E-state index contributed by atoms with van der Waals surface area (Å²) in [6.45, 7) is 2.92. The molecule has 1 aliphatic heterocycles. The number of rotatable bonds is 4. The smallest absolute Gasteiger partial charge is 0.205 e. The average Bonchev–Trinajstić information content (AvgIpc) is 3.17. The Bertz CT molecular complexity index is 402.